The van der Waals surface area contributed by atoms with Gasteiger partial charge in [0.15, 0.2) is 5.78 Å². The van der Waals surface area contributed by atoms with Gasteiger partial charge in [-0.15, -0.1) is 0 Å². The summed E-state index contributed by atoms with van der Waals surface area (Å²) in [6.07, 6.45) is 1.26. The van der Waals surface area contributed by atoms with Gasteiger partial charge in [0, 0.05) is 25.1 Å². The molecule has 21 heavy (non-hydrogen) atoms. The zero-order valence-corrected chi connectivity index (χ0v) is 13.5. The van der Waals surface area contributed by atoms with Crippen LogP contribution in [-0.4, -0.2) is 31.6 Å². The SMILES string of the molecule is CCCC(=O)C1=C(C)CN(S(=O)(=O)c2ccc(C)cc2)C1. The minimum atomic E-state index is -3.53. The predicted molar refractivity (Wildman–Crippen MR) is 82.6 cm³/mol. The summed E-state index contributed by atoms with van der Waals surface area (Å²) in [6.45, 7) is 6.21. The van der Waals surface area contributed by atoms with Crippen molar-refractivity contribution in [1.82, 2.24) is 4.31 Å². The van der Waals surface area contributed by atoms with E-state index in [0.717, 1.165) is 17.6 Å². The lowest BCUT2D eigenvalue weighted by atomic mass is 10.1. The number of rotatable bonds is 5. The van der Waals surface area contributed by atoms with Crippen molar-refractivity contribution in [3.8, 4) is 0 Å². The third-order valence-corrected chi connectivity index (χ3v) is 5.54. The molecule has 0 unspecified atom stereocenters. The quantitative estimate of drug-likeness (QED) is 0.840. The highest BCUT2D eigenvalue weighted by atomic mass is 32.2. The van der Waals surface area contributed by atoms with Crippen molar-refractivity contribution < 1.29 is 13.2 Å². The molecule has 0 amide bonds. The standard InChI is InChI=1S/C16H21NO3S/c1-4-5-16(18)15-11-17(10-13(15)3)21(19,20)14-8-6-12(2)7-9-14/h6-9H,4-5,10-11H2,1-3H3. The molecule has 5 heteroatoms. The first-order valence-corrected chi connectivity index (χ1v) is 8.59. The maximum atomic E-state index is 12.6. The van der Waals surface area contributed by atoms with Crippen molar-refractivity contribution in [3.05, 3.63) is 41.0 Å². The van der Waals surface area contributed by atoms with E-state index < -0.39 is 10.0 Å². The molecule has 4 nitrogen and oxygen atoms in total. The summed E-state index contributed by atoms with van der Waals surface area (Å²) in [5.41, 5.74) is 2.54. The Morgan fingerprint density at radius 1 is 1.14 bits per heavy atom. The van der Waals surface area contributed by atoms with Crippen molar-refractivity contribution >= 4 is 15.8 Å². The molecule has 1 heterocycles. The van der Waals surface area contributed by atoms with E-state index >= 15 is 0 Å². The summed E-state index contributed by atoms with van der Waals surface area (Å²) in [4.78, 5) is 12.3. The Morgan fingerprint density at radius 2 is 1.76 bits per heavy atom. The molecule has 0 fully saturated rings. The Labute approximate surface area is 126 Å². The highest BCUT2D eigenvalue weighted by Crippen LogP contribution is 2.26. The Balaban J connectivity index is 2.22. The normalized spacial score (nSPS) is 16.5. The molecule has 0 aliphatic carbocycles. The summed E-state index contributed by atoms with van der Waals surface area (Å²) in [5, 5.41) is 0. The van der Waals surface area contributed by atoms with E-state index in [1.54, 1.807) is 24.3 Å². The lowest BCUT2D eigenvalue weighted by molar-refractivity contribution is -0.115. The van der Waals surface area contributed by atoms with Crippen LogP contribution in [0.25, 0.3) is 0 Å². The van der Waals surface area contributed by atoms with Crippen molar-refractivity contribution in [3.63, 3.8) is 0 Å². The first-order chi connectivity index (χ1) is 9.86. The molecule has 1 aromatic carbocycles. The van der Waals surface area contributed by atoms with E-state index in [9.17, 15) is 13.2 Å². The van der Waals surface area contributed by atoms with E-state index in [1.165, 1.54) is 4.31 Å². The number of sulfonamides is 1. The molecule has 114 valence electrons. The fourth-order valence-electron chi connectivity index (χ4n) is 2.46. The van der Waals surface area contributed by atoms with Gasteiger partial charge in [0.1, 0.15) is 0 Å². The molecule has 0 aromatic heterocycles. The maximum Gasteiger partial charge on any atom is 0.243 e. The van der Waals surface area contributed by atoms with Crippen LogP contribution >= 0.6 is 0 Å². The zero-order valence-electron chi connectivity index (χ0n) is 12.7. The Morgan fingerprint density at radius 3 is 2.33 bits per heavy atom. The number of aryl methyl sites for hydroxylation is 1. The molecular formula is C16H21NO3S. The van der Waals surface area contributed by atoms with E-state index in [1.807, 2.05) is 20.8 Å². The minimum Gasteiger partial charge on any atom is -0.295 e. The van der Waals surface area contributed by atoms with Crippen LogP contribution in [0.3, 0.4) is 0 Å². The molecule has 0 N–H and O–H groups in total. The fraction of sp³-hybridized carbons (Fsp3) is 0.438. The van der Waals surface area contributed by atoms with E-state index in [2.05, 4.69) is 0 Å². The average molecular weight is 307 g/mol. The van der Waals surface area contributed by atoms with Crippen molar-refractivity contribution in [2.45, 2.75) is 38.5 Å². The van der Waals surface area contributed by atoms with Gasteiger partial charge in [-0.1, -0.05) is 30.2 Å². The van der Waals surface area contributed by atoms with Gasteiger partial charge in [0.05, 0.1) is 4.90 Å². The second-order valence-electron chi connectivity index (χ2n) is 5.52. The number of ketones is 1. The Kier molecular flexibility index (Phi) is 4.64. The average Bonchev–Trinajstić information content (AvgIpc) is 2.82. The summed E-state index contributed by atoms with van der Waals surface area (Å²) in [6, 6.07) is 6.80. The molecule has 0 atom stereocenters. The largest absolute Gasteiger partial charge is 0.295 e. The Bertz CT molecular complexity index is 672. The number of Topliss-reactive ketones (excluding diaryl/α,β-unsaturated/α-hetero) is 1. The van der Waals surface area contributed by atoms with Crippen LogP contribution in [0.4, 0.5) is 0 Å². The fourth-order valence-corrected chi connectivity index (χ4v) is 3.90. The van der Waals surface area contributed by atoms with Crippen LogP contribution in [0.5, 0.6) is 0 Å². The molecule has 0 spiro atoms. The summed E-state index contributed by atoms with van der Waals surface area (Å²) in [5.74, 6) is 0.0663. The number of hydrogen-bond donors (Lipinski definition) is 0. The molecule has 0 saturated carbocycles. The van der Waals surface area contributed by atoms with Gasteiger partial charge < -0.3 is 0 Å². The summed E-state index contributed by atoms with van der Waals surface area (Å²) < 4.78 is 26.6. The van der Waals surface area contributed by atoms with Gasteiger partial charge >= 0.3 is 0 Å². The van der Waals surface area contributed by atoms with Crippen LogP contribution < -0.4 is 0 Å². The molecular weight excluding hydrogens is 286 g/mol. The Hall–Kier alpha value is -1.46. The van der Waals surface area contributed by atoms with Crippen LogP contribution in [0.1, 0.15) is 32.3 Å². The second-order valence-corrected chi connectivity index (χ2v) is 7.46. The second kappa shape index (κ2) is 6.12. The highest BCUT2D eigenvalue weighted by molar-refractivity contribution is 7.89. The third kappa shape index (κ3) is 3.24. The minimum absolute atomic E-state index is 0.0663. The molecule has 0 radical (unpaired) electrons. The van der Waals surface area contributed by atoms with Gasteiger partial charge in [-0.2, -0.15) is 4.31 Å². The maximum absolute atomic E-state index is 12.6. The smallest absolute Gasteiger partial charge is 0.243 e. The lowest BCUT2D eigenvalue weighted by Crippen LogP contribution is -2.30. The van der Waals surface area contributed by atoms with Crippen molar-refractivity contribution in [2.24, 2.45) is 0 Å². The lowest BCUT2D eigenvalue weighted by Gasteiger charge is -2.16. The van der Waals surface area contributed by atoms with E-state index in [4.69, 9.17) is 0 Å². The topological polar surface area (TPSA) is 54.5 Å². The number of carbonyl (C=O) groups is 1. The number of hydrogen-bond acceptors (Lipinski definition) is 3. The first kappa shape index (κ1) is 15.9. The van der Waals surface area contributed by atoms with Gasteiger partial charge in [0.2, 0.25) is 10.0 Å². The predicted octanol–water partition coefficient (Wildman–Crippen LogP) is 2.69. The summed E-state index contributed by atoms with van der Waals surface area (Å²) in [7, 11) is -3.53. The third-order valence-electron chi connectivity index (χ3n) is 3.74. The zero-order chi connectivity index (χ0) is 15.6. The molecule has 1 aromatic rings. The monoisotopic (exact) mass is 307 g/mol. The van der Waals surface area contributed by atoms with Gasteiger partial charge in [0.25, 0.3) is 0 Å². The molecule has 1 aliphatic heterocycles. The van der Waals surface area contributed by atoms with Crippen LogP contribution in [0, 0.1) is 6.92 Å². The van der Waals surface area contributed by atoms with E-state index in [-0.39, 0.29) is 17.2 Å². The molecule has 2 rings (SSSR count). The van der Waals surface area contributed by atoms with Crippen LogP contribution in [0.2, 0.25) is 0 Å². The number of benzene rings is 1. The molecule has 1 aliphatic rings. The van der Waals surface area contributed by atoms with Crippen molar-refractivity contribution in [2.75, 3.05) is 13.1 Å². The van der Waals surface area contributed by atoms with Gasteiger partial charge in [-0.05, 0) is 32.4 Å². The molecule has 0 bridgehead atoms. The summed E-state index contributed by atoms with van der Waals surface area (Å²) >= 11 is 0. The van der Waals surface area contributed by atoms with Gasteiger partial charge in [-0.25, -0.2) is 8.42 Å². The van der Waals surface area contributed by atoms with Crippen LogP contribution in [0.15, 0.2) is 40.3 Å². The van der Waals surface area contributed by atoms with Gasteiger partial charge in [-0.3, -0.25) is 4.79 Å². The van der Waals surface area contributed by atoms with Crippen molar-refractivity contribution in [1.29, 1.82) is 0 Å². The molecule has 0 saturated heterocycles. The highest BCUT2D eigenvalue weighted by Gasteiger charge is 2.32. The van der Waals surface area contributed by atoms with E-state index in [0.29, 0.717) is 18.5 Å². The number of nitrogens with zero attached hydrogens (tertiary/aromatic N) is 1. The first-order valence-electron chi connectivity index (χ1n) is 7.15. The number of carbonyl (C=O) groups excluding carboxylic acids is 1. The van der Waals surface area contributed by atoms with Crippen LogP contribution in [-0.2, 0) is 14.8 Å².